The molecule has 7 heteroatoms. The van der Waals surface area contributed by atoms with Crippen LogP contribution in [0.5, 0.6) is 5.75 Å². The highest BCUT2D eigenvalue weighted by atomic mass is 32.2. The monoisotopic (exact) mass is 318 g/mol. The average Bonchev–Trinajstić information content (AvgIpc) is 2.41. The highest BCUT2D eigenvalue weighted by Gasteiger charge is 2.12. The normalized spacial score (nSPS) is 11.4. The van der Waals surface area contributed by atoms with Crippen LogP contribution in [-0.4, -0.2) is 33.9 Å². The van der Waals surface area contributed by atoms with Crippen LogP contribution in [0, 0.1) is 5.82 Å². The first-order valence-corrected chi connectivity index (χ1v) is 8.77. The fourth-order valence-electron chi connectivity index (χ4n) is 1.76. The van der Waals surface area contributed by atoms with Gasteiger partial charge in [-0.1, -0.05) is 6.92 Å². The van der Waals surface area contributed by atoms with E-state index in [1.165, 1.54) is 12.1 Å². The molecule has 1 aromatic rings. The highest BCUT2D eigenvalue weighted by molar-refractivity contribution is 7.92. The number of anilines is 1. The molecule has 1 aromatic carbocycles. The summed E-state index contributed by atoms with van der Waals surface area (Å²) in [6, 6.07) is 4.03. The predicted octanol–water partition coefficient (Wildman–Crippen LogP) is 2.36. The molecule has 0 aliphatic rings. The molecule has 0 fully saturated rings. The molecule has 0 heterocycles. The van der Waals surface area contributed by atoms with Crippen LogP contribution in [0.3, 0.4) is 0 Å². The van der Waals surface area contributed by atoms with Crippen LogP contribution in [0.2, 0.25) is 0 Å². The van der Waals surface area contributed by atoms with Gasteiger partial charge in [0.1, 0.15) is 0 Å². The van der Waals surface area contributed by atoms with Crippen molar-refractivity contribution >= 4 is 15.7 Å². The summed E-state index contributed by atoms with van der Waals surface area (Å²) in [4.78, 5) is 0. The van der Waals surface area contributed by atoms with Gasteiger partial charge in [-0.25, -0.2) is 12.8 Å². The van der Waals surface area contributed by atoms with Gasteiger partial charge in [0.15, 0.2) is 11.6 Å². The number of ether oxygens (including phenoxy) is 1. The summed E-state index contributed by atoms with van der Waals surface area (Å²) in [6.45, 7) is 5.67. The molecule has 21 heavy (non-hydrogen) atoms. The lowest BCUT2D eigenvalue weighted by molar-refractivity contribution is 0.321. The van der Waals surface area contributed by atoms with E-state index in [0.717, 1.165) is 19.0 Å². The highest BCUT2D eigenvalue weighted by Crippen LogP contribution is 2.21. The Morgan fingerprint density at radius 1 is 1.24 bits per heavy atom. The molecule has 0 saturated heterocycles. The van der Waals surface area contributed by atoms with Crippen molar-refractivity contribution in [2.45, 2.75) is 26.7 Å². The van der Waals surface area contributed by atoms with Crippen LogP contribution in [0.4, 0.5) is 10.1 Å². The van der Waals surface area contributed by atoms with Crippen LogP contribution < -0.4 is 14.8 Å². The van der Waals surface area contributed by atoms with Crippen LogP contribution in [-0.2, 0) is 10.0 Å². The van der Waals surface area contributed by atoms with E-state index >= 15 is 0 Å². The third-order valence-corrected chi connectivity index (χ3v) is 4.07. The zero-order valence-electron chi connectivity index (χ0n) is 12.5. The minimum Gasteiger partial charge on any atom is -0.491 e. The van der Waals surface area contributed by atoms with E-state index in [-0.39, 0.29) is 17.2 Å². The van der Waals surface area contributed by atoms with Gasteiger partial charge < -0.3 is 10.1 Å². The number of hydrogen-bond acceptors (Lipinski definition) is 4. The third-order valence-electron chi connectivity index (χ3n) is 2.70. The molecule has 0 aliphatic heterocycles. The van der Waals surface area contributed by atoms with Crippen molar-refractivity contribution in [3.63, 3.8) is 0 Å². The number of hydrogen-bond donors (Lipinski definition) is 2. The summed E-state index contributed by atoms with van der Waals surface area (Å²) < 4.78 is 44.8. The Morgan fingerprint density at radius 2 is 2.00 bits per heavy atom. The molecule has 0 aliphatic carbocycles. The number of rotatable bonds is 10. The van der Waals surface area contributed by atoms with Crippen molar-refractivity contribution in [3.05, 3.63) is 24.0 Å². The van der Waals surface area contributed by atoms with Gasteiger partial charge in [-0.2, -0.15) is 0 Å². The summed E-state index contributed by atoms with van der Waals surface area (Å²) in [5.41, 5.74) is 0.206. The van der Waals surface area contributed by atoms with Gasteiger partial charge in [0.05, 0.1) is 18.0 Å². The second-order valence-electron chi connectivity index (χ2n) is 4.60. The molecule has 5 nitrogen and oxygen atoms in total. The van der Waals surface area contributed by atoms with Crippen molar-refractivity contribution in [2.24, 2.45) is 0 Å². The molecule has 0 spiro atoms. The summed E-state index contributed by atoms with van der Waals surface area (Å²) >= 11 is 0. The van der Waals surface area contributed by atoms with Gasteiger partial charge in [0, 0.05) is 6.07 Å². The van der Waals surface area contributed by atoms with Crippen LogP contribution in [0.25, 0.3) is 0 Å². The van der Waals surface area contributed by atoms with E-state index in [9.17, 15) is 12.8 Å². The first-order chi connectivity index (χ1) is 9.98. The topological polar surface area (TPSA) is 67.4 Å². The molecular formula is C14H23FN2O3S. The summed E-state index contributed by atoms with van der Waals surface area (Å²) in [5.74, 6) is -0.468. The van der Waals surface area contributed by atoms with E-state index in [4.69, 9.17) is 4.74 Å². The molecule has 0 amide bonds. The Hall–Kier alpha value is -1.34. The van der Waals surface area contributed by atoms with Gasteiger partial charge in [0.2, 0.25) is 10.0 Å². The van der Waals surface area contributed by atoms with Gasteiger partial charge in [-0.3, -0.25) is 4.72 Å². The second-order valence-corrected chi connectivity index (χ2v) is 6.44. The SMILES string of the molecule is CCCNCCCS(=O)(=O)Nc1ccc(OCC)c(F)c1. The van der Waals surface area contributed by atoms with E-state index in [0.29, 0.717) is 19.6 Å². The van der Waals surface area contributed by atoms with Crippen molar-refractivity contribution in [1.29, 1.82) is 0 Å². The summed E-state index contributed by atoms with van der Waals surface area (Å²) in [6.07, 6.45) is 1.52. The van der Waals surface area contributed by atoms with Crippen LogP contribution in [0.15, 0.2) is 18.2 Å². The van der Waals surface area contributed by atoms with Gasteiger partial charge in [0.25, 0.3) is 0 Å². The van der Waals surface area contributed by atoms with Crippen LogP contribution in [0.1, 0.15) is 26.7 Å². The lowest BCUT2D eigenvalue weighted by Gasteiger charge is -2.10. The van der Waals surface area contributed by atoms with Crippen LogP contribution >= 0.6 is 0 Å². The third kappa shape index (κ3) is 6.77. The quantitative estimate of drug-likeness (QED) is 0.650. The maximum absolute atomic E-state index is 13.6. The van der Waals surface area contributed by atoms with E-state index < -0.39 is 15.8 Å². The van der Waals surface area contributed by atoms with Gasteiger partial charge in [-0.15, -0.1) is 0 Å². The maximum Gasteiger partial charge on any atom is 0.232 e. The molecule has 0 radical (unpaired) electrons. The minimum atomic E-state index is -3.46. The largest absolute Gasteiger partial charge is 0.491 e. The van der Waals surface area contributed by atoms with E-state index in [1.54, 1.807) is 6.92 Å². The number of halogens is 1. The van der Waals surface area contributed by atoms with Crippen molar-refractivity contribution < 1.29 is 17.5 Å². The minimum absolute atomic E-state index is 0.00144. The van der Waals surface area contributed by atoms with Crippen molar-refractivity contribution in [1.82, 2.24) is 5.32 Å². The first-order valence-electron chi connectivity index (χ1n) is 7.12. The van der Waals surface area contributed by atoms with Crippen molar-refractivity contribution in [2.75, 3.05) is 30.2 Å². The van der Waals surface area contributed by atoms with Gasteiger partial charge >= 0.3 is 0 Å². The Balaban J connectivity index is 2.53. The molecule has 0 bridgehead atoms. The summed E-state index contributed by atoms with van der Waals surface area (Å²) in [7, 11) is -3.46. The average molecular weight is 318 g/mol. The zero-order valence-corrected chi connectivity index (χ0v) is 13.3. The fraction of sp³-hybridized carbons (Fsp3) is 0.571. The predicted molar refractivity (Wildman–Crippen MR) is 82.8 cm³/mol. The maximum atomic E-state index is 13.6. The standard InChI is InChI=1S/C14H23FN2O3S/c1-3-8-16-9-5-10-21(18,19)17-12-6-7-14(20-4-2)13(15)11-12/h6-7,11,16-17H,3-5,8-10H2,1-2H3. The van der Waals surface area contributed by atoms with Gasteiger partial charge in [-0.05, 0) is 45.0 Å². The molecular weight excluding hydrogens is 295 g/mol. The number of sulfonamides is 1. The Bertz CT molecular complexity index is 535. The van der Waals surface area contributed by atoms with E-state index in [1.807, 2.05) is 6.92 Å². The molecule has 2 N–H and O–H groups in total. The fourth-order valence-corrected chi connectivity index (χ4v) is 2.87. The Labute approximate surface area is 125 Å². The number of nitrogens with one attached hydrogen (secondary N) is 2. The Morgan fingerprint density at radius 3 is 2.62 bits per heavy atom. The molecule has 0 unspecified atom stereocenters. The zero-order chi connectivity index (χ0) is 15.7. The lowest BCUT2D eigenvalue weighted by Crippen LogP contribution is -2.22. The molecule has 0 saturated carbocycles. The van der Waals surface area contributed by atoms with E-state index in [2.05, 4.69) is 10.0 Å². The van der Waals surface area contributed by atoms with Crippen molar-refractivity contribution in [3.8, 4) is 5.75 Å². The molecule has 0 aromatic heterocycles. The smallest absolute Gasteiger partial charge is 0.232 e. The summed E-state index contributed by atoms with van der Waals surface area (Å²) in [5, 5.41) is 3.13. The molecule has 0 atom stereocenters. The number of benzene rings is 1. The molecule has 120 valence electrons. The first kappa shape index (κ1) is 17.7. The Kier molecular flexibility index (Phi) is 7.45. The second kappa shape index (κ2) is 8.84. The molecule has 1 rings (SSSR count). The lowest BCUT2D eigenvalue weighted by atomic mass is 10.3.